The van der Waals surface area contributed by atoms with Crippen molar-refractivity contribution in [2.75, 3.05) is 6.54 Å². The molecular formula is C38H78N2O2. The molecule has 0 aliphatic heterocycles. The van der Waals surface area contributed by atoms with Gasteiger partial charge in [-0.25, -0.2) is 0 Å². The van der Waals surface area contributed by atoms with Crippen LogP contribution in [0.1, 0.15) is 213 Å². The Kier molecular flexibility index (Phi) is 32.8. The number of carboxylic acids is 1. The van der Waals surface area contributed by atoms with Gasteiger partial charge in [0, 0.05) is 0 Å². The molecule has 0 radical (unpaired) electrons. The Morgan fingerprint density at radius 3 is 1.05 bits per heavy atom. The molecule has 5 N–H and O–H groups in total. The summed E-state index contributed by atoms with van der Waals surface area (Å²) in [7, 11) is 0. The zero-order valence-corrected chi connectivity index (χ0v) is 28.9. The predicted molar refractivity (Wildman–Crippen MR) is 186 cm³/mol. The van der Waals surface area contributed by atoms with E-state index in [1.165, 1.54) is 173 Å². The van der Waals surface area contributed by atoms with E-state index < -0.39 is 12.0 Å². The fourth-order valence-electron chi connectivity index (χ4n) is 6.85. The van der Waals surface area contributed by atoms with Crippen molar-refractivity contribution in [2.45, 2.75) is 219 Å². The van der Waals surface area contributed by atoms with Gasteiger partial charge < -0.3 is 16.6 Å². The molecule has 0 heterocycles. The average Bonchev–Trinajstić information content (AvgIpc) is 2.98. The highest BCUT2D eigenvalue weighted by atomic mass is 16.4. The lowest BCUT2D eigenvalue weighted by Crippen LogP contribution is -2.42. The van der Waals surface area contributed by atoms with E-state index >= 15 is 0 Å². The molecule has 252 valence electrons. The van der Waals surface area contributed by atoms with Crippen molar-refractivity contribution in [2.24, 2.45) is 23.3 Å². The molecule has 4 heteroatoms. The third kappa shape index (κ3) is 27.0. The first-order valence-corrected chi connectivity index (χ1v) is 19.3. The highest BCUT2D eigenvalue weighted by Gasteiger charge is 2.30. The van der Waals surface area contributed by atoms with Crippen LogP contribution in [-0.4, -0.2) is 23.7 Å². The Bertz CT molecular complexity index is 541. The summed E-state index contributed by atoms with van der Waals surface area (Å²) in [6.45, 7) is 5.20. The largest absolute Gasteiger partial charge is 0.480 e. The topological polar surface area (TPSA) is 89.3 Å². The van der Waals surface area contributed by atoms with Crippen molar-refractivity contribution < 1.29 is 9.90 Å². The van der Waals surface area contributed by atoms with E-state index in [1.807, 2.05) is 0 Å². The minimum Gasteiger partial charge on any atom is -0.480 e. The van der Waals surface area contributed by atoms with Crippen LogP contribution in [0.15, 0.2) is 0 Å². The Morgan fingerprint density at radius 2 is 0.762 bits per heavy atom. The second-order valence-corrected chi connectivity index (χ2v) is 13.6. The van der Waals surface area contributed by atoms with Crippen molar-refractivity contribution in [1.82, 2.24) is 0 Å². The molecule has 0 aliphatic rings. The molecule has 0 saturated carbocycles. The summed E-state index contributed by atoms with van der Waals surface area (Å²) in [6.07, 6.45) is 40.9. The van der Waals surface area contributed by atoms with E-state index in [0.717, 1.165) is 25.7 Å². The van der Waals surface area contributed by atoms with Crippen molar-refractivity contribution in [1.29, 1.82) is 0 Å². The molecule has 4 nitrogen and oxygen atoms in total. The van der Waals surface area contributed by atoms with Crippen molar-refractivity contribution >= 4 is 5.97 Å². The molecule has 3 unspecified atom stereocenters. The maximum Gasteiger partial charge on any atom is 0.320 e. The lowest BCUT2D eigenvalue weighted by Gasteiger charge is -2.30. The van der Waals surface area contributed by atoms with Crippen molar-refractivity contribution in [3.05, 3.63) is 0 Å². The summed E-state index contributed by atoms with van der Waals surface area (Å²) in [6, 6.07) is -0.754. The highest BCUT2D eigenvalue weighted by molar-refractivity contribution is 5.73. The SMILES string of the molecule is CCCCCCCCCCCCCCCCC(CCN)C(CCCCCCCCCCCCCCCC)C(N)C(=O)O. The third-order valence-corrected chi connectivity index (χ3v) is 9.71. The van der Waals surface area contributed by atoms with Crippen LogP contribution >= 0.6 is 0 Å². The number of unbranched alkanes of at least 4 members (excludes halogenated alkanes) is 26. The van der Waals surface area contributed by atoms with Crippen LogP contribution in [0.25, 0.3) is 0 Å². The van der Waals surface area contributed by atoms with Crippen LogP contribution < -0.4 is 11.5 Å². The fourth-order valence-corrected chi connectivity index (χ4v) is 6.85. The molecular weight excluding hydrogens is 516 g/mol. The predicted octanol–water partition coefficient (Wildman–Crippen LogP) is 11.7. The van der Waals surface area contributed by atoms with E-state index in [-0.39, 0.29) is 5.92 Å². The minimum atomic E-state index is -0.839. The van der Waals surface area contributed by atoms with Gasteiger partial charge in [-0.05, 0) is 31.2 Å². The number of carbonyl (C=O) groups is 1. The van der Waals surface area contributed by atoms with Crippen molar-refractivity contribution in [3.63, 3.8) is 0 Å². The second-order valence-electron chi connectivity index (χ2n) is 13.6. The summed E-state index contributed by atoms with van der Waals surface area (Å²) >= 11 is 0. The summed E-state index contributed by atoms with van der Waals surface area (Å²) in [5.41, 5.74) is 12.2. The molecule has 0 saturated heterocycles. The fraction of sp³-hybridized carbons (Fsp3) is 0.974. The van der Waals surface area contributed by atoms with Gasteiger partial charge in [-0.3, -0.25) is 4.79 Å². The molecule has 0 amide bonds. The summed E-state index contributed by atoms with van der Waals surface area (Å²) < 4.78 is 0. The van der Waals surface area contributed by atoms with E-state index in [1.54, 1.807) is 0 Å². The number of rotatable bonds is 35. The van der Waals surface area contributed by atoms with Crippen molar-refractivity contribution in [3.8, 4) is 0 Å². The zero-order chi connectivity index (χ0) is 30.9. The van der Waals surface area contributed by atoms with Gasteiger partial charge in [0.05, 0.1) is 0 Å². The monoisotopic (exact) mass is 595 g/mol. The number of nitrogens with two attached hydrogens (primary N) is 2. The van der Waals surface area contributed by atoms with E-state index in [9.17, 15) is 9.90 Å². The van der Waals surface area contributed by atoms with Gasteiger partial charge in [0.1, 0.15) is 6.04 Å². The molecule has 0 aromatic heterocycles. The van der Waals surface area contributed by atoms with Crippen LogP contribution in [0.5, 0.6) is 0 Å². The van der Waals surface area contributed by atoms with Gasteiger partial charge in [-0.15, -0.1) is 0 Å². The number of hydrogen-bond acceptors (Lipinski definition) is 3. The van der Waals surface area contributed by atoms with Gasteiger partial charge in [-0.2, -0.15) is 0 Å². The molecule has 0 bridgehead atoms. The van der Waals surface area contributed by atoms with Crippen LogP contribution in [0.3, 0.4) is 0 Å². The maximum absolute atomic E-state index is 11.8. The molecule has 3 atom stereocenters. The molecule has 0 aromatic carbocycles. The molecule has 0 rings (SSSR count). The van der Waals surface area contributed by atoms with Crippen LogP contribution in [0.2, 0.25) is 0 Å². The molecule has 0 aromatic rings. The van der Waals surface area contributed by atoms with Crippen LogP contribution in [0, 0.1) is 11.8 Å². The molecule has 0 spiro atoms. The second kappa shape index (κ2) is 33.3. The van der Waals surface area contributed by atoms with Crippen LogP contribution in [-0.2, 0) is 4.79 Å². The molecule has 42 heavy (non-hydrogen) atoms. The molecule has 0 aliphatic carbocycles. The lowest BCUT2D eigenvalue weighted by molar-refractivity contribution is -0.140. The van der Waals surface area contributed by atoms with Gasteiger partial charge in [0.25, 0.3) is 0 Å². The van der Waals surface area contributed by atoms with Crippen LogP contribution in [0.4, 0.5) is 0 Å². The number of aliphatic carboxylic acids is 1. The lowest BCUT2D eigenvalue weighted by atomic mass is 9.77. The Morgan fingerprint density at radius 1 is 0.476 bits per heavy atom. The Hall–Kier alpha value is -0.610. The Balaban J connectivity index is 4.02. The van der Waals surface area contributed by atoms with Gasteiger partial charge in [0.2, 0.25) is 0 Å². The number of carboxylic acid groups (broad SMARTS) is 1. The first-order valence-electron chi connectivity index (χ1n) is 19.3. The van der Waals surface area contributed by atoms with E-state index in [2.05, 4.69) is 13.8 Å². The average molecular weight is 595 g/mol. The normalized spacial score (nSPS) is 13.8. The quantitative estimate of drug-likeness (QED) is 0.0636. The summed E-state index contributed by atoms with van der Waals surface area (Å²) in [5.74, 6) is -0.431. The van der Waals surface area contributed by atoms with E-state index in [0.29, 0.717) is 12.5 Å². The third-order valence-electron chi connectivity index (χ3n) is 9.71. The summed E-state index contributed by atoms with van der Waals surface area (Å²) in [4.78, 5) is 11.8. The highest BCUT2D eigenvalue weighted by Crippen LogP contribution is 2.30. The van der Waals surface area contributed by atoms with Gasteiger partial charge in [0.15, 0.2) is 0 Å². The van der Waals surface area contributed by atoms with E-state index in [4.69, 9.17) is 11.5 Å². The maximum atomic E-state index is 11.8. The first-order chi connectivity index (χ1) is 20.6. The smallest absolute Gasteiger partial charge is 0.320 e. The summed E-state index contributed by atoms with van der Waals surface area (Å²) in [5, 5.41) is 9.72. The minimum absolute atomic E-state index is 0.0605. The number of hydrogen-bond donors (Lipinski definition) is 3. The first kappa shape index (κ1) is 41.4. The standard InChI is InChI=1S/C38H78N2O2/c1-3-5-7-9-11-13-15-17-19-21-23-25-27-29-31-35(33-34-39)36(37(40)38(41)42)32-30-28-26-24-22-20-18-16-14-12-10-8-6-4-2/h35-37H,3-34,39-40H2,1-2H3,(H,41,42). The Labute approximate surface area is 264 Å². The van der Waals surface area contributed by atoms with Gasteiger partial charge >= 0.3 is 5.97 Å². The molecule has 0 fully saturated rings. The van der Waals surface area contributed by atoms with Gasteiger partial charge in [-0.1, -0.05) is 200 Å². The zero-order valence-electron chi connectivity index (χ0n) is 28.9.